The molecule has 3 rings (SSSR count). The molecule has 0 saturated carbocycles. The van der Waals surface area contributed by atoms with Crippen molar-refractivity contribution in [3.8, 4) is 11.5 Å². The molecule has 0 bridgehead atoms. The number of aliphatic hydroxyl groups is 1. The highest BCUT2D eigenvalue weighted by atomic mass is 16.6. The fourth-order valence-corrected chi connectivity index (χ4v) is 3.59. The minimum atomic E-state index is -1.04. The lowest BCUT2D eigenvalue weighted by molar-refractivity contribution is -0.131. The number of benzene rings is 3. The Morgan fingerprint density at radius 3 is 2.41 bits per heavy atom. The van der Waals surface area contributed by atoms with Crippen LogP contribution in [0.2, 0.25) is 0 Å². The summed E-state index contributed by atoms with van der Waals surface area (Å²) in [6, 6.07) is 23.5. The maximum atomic E-state index is 13.0. The number of para-hydroxylation sites is 1. The Bertz CT molecular complexity index is 1160. The monoisotopic (exact) mass is 505 g/mol. The summed E-state index contributed by atoms with van der Waals surface area (Å²) in [4.78, 5) is 23.9. The average molecular weight is 506 g/mol. The highest BCUT2D eigenvalue weighted by Gasteiger charge is 2.29. The highest BCUT2D eigenvalue weighted by molar-refractivity contribution is 5.84. The van der Waals surface area contributed by atoms with Crippen molar-refractivity contribution in [2.45, 2.75) is 32.0 Å². The number of hydrogen-bond donors (Lipinski definition) is 3. The molecule has 0 radical (unpaired) electrons. The standard InChI is InChI=1S/C29H31NO7/c1-21-14-16-23(17-15-21)30-29(34)37-28(22-8-7-11-25(20-22)35-19-18-31)26(12-5-6-13-27(32)33)36-24-9-3-2-4-10-24/h2-4,6-11,13-17,20,26,28,31H,5,12,18-19H2,1H3,(H,30,34)(H,32,33)/b13-6+/t26-,28-/m0/s1. The van der Waals surface area contributed by atoms with Crippen LogP contribution in [-0.2, 0) is 9.53 Å². The van der Waals surface area contributed by atoms with Crippen molar-refractivity contribution in [2.24, 2.45) is 0 Å². The molecule has 0 aliphatic heterocycles. The second kappa shape index (κ2) is 14.3. The molecule has 0 heterocycles. The van der Waals surface area contributed by atoms with Gasteiger partial charge in [0.15, 0.2) is 6.10 Å². The van der Waals surface area contributed by atoms with Crippen LogP contribution >= 0.6 is 0 Å². The number of allylic oxidation sites excluding steroid dienone is 1. The number of ether oxygens (including phenoxy) is 3. The van der Waals surface area contributed by atoms with Crippen molar-refractivity contribution < 1.29 is 34.0 Å². The van der Waals surface area contributed by atoms with Crippen LogP contribution in [0.5, 0.6) is 11.5 Å². The van der Waals surface area contributed by atoms with Gasteiger partial charge in [-0.1, -0.05) is 54.1 Å². The van der Waals surface area contributed by atoms with Gasteiger partial charge in [0.2, 0.25) is 0 Å². The predicted molar refractivity (Wildman–Crippen MR) is 140 cm³/mol. The lowest BCUT2D eigenvalue weighted by atomic mass is 9.99. The van der Waals surface area contributed by atoms with Crippen molar-refractivity contribution in [2.75, 3.05) is 18.5 Å². The molecule has 0 aliphatic carbocycles. The number of hydrogen-bond acceptors (Lipinski definition) is 6. The molecule has 194 valence electrons. The fourth-order valence-electron chi connectivity index (χ4n) is 3.59. The first-order valence-electron chi connectivity index (χ1n) is 11.9. The van der Waals surface area contributed by atoms with E-state index in [-0.39, 0.29) is 13.2 Å². The molecule has 8 heteroatoms. The van der Waals surface area contributed by atoms with Gasteiger partial charge in [0.1, 0.15) is 24.2 Å². The van der Waals surface area contributed by atoms with Gasteiger partial charge in [0, 0.05) is 11.8 Å². The average Bonchev–Trinajstić information content (AvgIpc) is 2.90. The number of aliphatic carboxylic acids is 1. The Morgan fingerprint density at radius 1 is 0.973 bits per heavy atom. The summed E-state index contributed by atoms with van der Waals surface area (Å²) in [5.41, 5.74) is 2.26. The summed E-state index contributed by atoms with van der Waals surface area (Å²) >= 11 is 0. The largest absolute Gasteiger partial charge is 0.491 e. The number of nitrogens with one attached hydrogen (secondary N) is 1. The second-order valence-corrected chi connectivity index (χ2v) is 8.25. The van der Waals surface area contributed by atoms with Gasteiger partial charge >= 0.3 is 12.1 Å². The molecular weight excluding hydrogens is 474 g/mol. The number of amides is 1. The number of rotatable bonds is 13. The number of carbonyl (C=O) groups excluding carboxylic acids is 1. The molecular formula is C29H31NO7. The fraction of sp³-hybridized carbons (Fsp3) is 0.241. The molecule has 0 fully saturated rings. The molecule has 3 aromatic carbocycles. The molecule has 0 aromatic heterocycles. The van der Waals surface area contributed by atoms with E-state index in [0.717, 1.165) is 11.6 Å². The van der Waals surface area contributed by atoms with E-state index in [1.165, 1.54) is 6.08 Å². The zero-order valence-electron chi connectivity index (χ0n) is 20.6. The Hall–Kier alpha value is -4.30. The number of carbonyl (C=O) groups is 2. The summed E-state index contributed by atoms with van der Waals surface area (Å²) < 4.78 is 17.7. The van der Waals surface area contributed by atoms with E-state index in [0.29, 0.717) is 35.6 Å². The molecule has 3 aromatic rings. The molecule has 0 unspecified atom stereocenters. The second-order valence-electron chi connectivity index (χ2n) is 8.25. The third-order valence-electron chi connectivity index (χ3n) is 5.33. The van der Waals surface area contributed by atoms with Gasteiger partial charge in [-0.25, -0.2) is 9.59 Å². The zero-order chi connectivity index (χ0) is 26.5. The Morgan fingerprint density at radius 2 is 1.70 bits per heavy atom. The van der Waals surface area contributed by atoms with Crippen LogP contribution in [0, 0.1) is 6.92 Å². The Balaban J connectivity index is 1.91. The van der Waals surface area contributed by atoms with Gasteiger partial charge in [-0.2, -0.15) is 0 Å². The quantitative estimate of drug-likeness (QED) is 0.262. The smallest absolute Gasteiger partial charge is 0.412 e. The SMILES string of the molecule is Cc1ccc(NC(=O)O[C@@H](c2cccc(OCCO)c2)[C@H](CC/C=C/C(=O)O)Oc2ccccc2)cc1. The third-order valence-corrected chi connectivity index (χ3v) is 5.33. The minimum Gasteiger partial charge on any atom is -0.491 e. The topological polar surface area (TPSA) is 114 Å². The molecule has 0 spiro atoms. The van der Waals surface area contributed by atoms with Crippen molar-refractivity contribution in [3.05, 3.63) is 102 Å². The Labute approximate surface area is 216 Å². The number of carboxylic acids is 1. The van der Waals surface area contributed by atoms with Gasteiger partial charge in [-0.15, -0.1) is 0 Å². The van der Waals surface area contributed by atoms with Crippen LogP contribution in [0.1, 0.15) is 30.1 Å². The molecule has 8 nitrogen and oxygen atoms in total. The van der Waals surface area contributed by atoms with Gasteiger partial charge in [-0.05, 0) is 61.7 Å². The van der Waals surface area contributed by atoms with Crippen LogP contribution in [0.15, 0.2) is 91.0 Å². The Kier molecular flexibility index (Phi) is 10.6. The predicted octanol–water partition coefficient (Wildman–Crippen LogP) is 5.52. The molecule has 37 heavy (non-hydrogen) atoms. The van der Waals surface area contributed by atoms with Gasteiger partial charge in [-0.3, -0.25) is 5.32 Å². The zero-order valence-corrected chi connectivity index (χ0v) is 20.6. The summed E-state index contributed by atoms with van der Waals surface area (Å²) in [6.45, 7) is 1.93. The van der Waals surface area contributed by atoms with E-state index in [1.54, 1.807) is 48.5 Å². The van der Waals surface area contributed by atoms with E-state index < -0.39 is 24.3 Å². The molecule has 0 aliphatic rings. The molecule has 2 atom stereocenters. The highest BCUT2D eigenvalue weighted by Crippen LogP contribution is 2.31. The van der Waals surface area contributed by atoms with E-state index in [4.69, 9.17) is 24.4 Å². The van der Waals surface area contributed by atoms with Crippen molar-refractivity contribution in [3.63, 3.8) is 0 Å². The van der Waals surface area contributed by atoms with E-state index >= 15 is 0 Å². The lowest BCUT2D eigenvalue weighted by Gasteiger charge is -2.28. The van der Waals surface area contributed by atoms with Crippen LogP contribution in [0.4, 0.5) is 10.5 Å². The normalized spacial score (nSPS) is 12.5. The number of aryl methyl sites for hydroxylation is 1. The first-order valence-corrected chi connectivity index (χ1v) is 11.9. The van der Waals surface area contributed by atoms with Crippen molar-refractivity contribution in [1.29, 1.82) is 0 Å². The molecule has 1 amide bonds. The summed E-state index contributed by atoms with van der Waals surface area (Å²) in [7, 11) is 0. The van der Waals surface area contributed by atoms with Gasteiger partial charge < -0.3 is 24.4 Å². The third kappa shape index (κ3) is 9.35. The maximum absolute atomic E-state index is 13.0. The van der Waals surface area contributed by atoms with Crippen LogP contribution in [-0.4, -0.2) is 41.6 Å². The van der Waals surface area contributed by atoms with Crippen LogP contribution < -0.4 is 14.8 Å². The van der Waals surface area contributed by atoms with Crippen LogP contribution in [0.3, 0.4) is 0 Å². The van der Waals surface area contributed by atoms with E-state index in [1.807, 2.05) is 37.3 Å². The van der Waals surface area contributed by atoms with Crippen molar-refractivity contribution >= 4 is 17.7 Å². The number of anilines is 1. The van der Waals surface area contributed by atoms with Crippen LogP contribution in [0.25, 0.3) is 0 Å². The summed E-state index contributed by atoms with van der Waals surface area (Å²) in [6.07, 6.45) is 1.17. The molecule has 3 N–H and O–H groups in total. The van der Waals surface area contributed by atoms with E-state index in [2.05, 4.69) is 5.32 Å². The minimum absolute atomic E-state index is 0.118. The van der Waals surface area contributed by atoms with Gasteiger partial charge in [0.25, 0.3) is 0 Å². The van der Waals surface area contributed by atoms with Gasteiger partial charge in [0.05, 0.1) is 6.61 Å². The maximum Gasteiger partial charge on any atom is 0.412 e. The first kappa shape index (κ1) is 27.3. The lowest BCUT2D eigenvalue weighted by Crippen LogP contribution is -2.31. The number of aliphatic hydroxyl groups excluding tert-OH is 1. The summed E-state index contributed by atoms with van der Waals surface area (Å²) in [5, 5.41) is 20.8. The summed E-state index contributed by atoms with van der Waals surface area (Å²) in [5.74, 6) is 0.0396. The van der Waals surface area contributed by atoms with Crippen molar-refractivity contribution in [1.82, 2.24) is 0 Å². The van der Waals surface area contributed by atoms with E-state index in [9.17, 15) is 9.59 Å². The number of carboxylic acid groups (broad SMARTS) is 1. The first-order chi connectivity index (χ1) is 17.9. The molecule has 0 saturated heterocycles.